The van der Waals surface area contributed by atoms with E-state index in [1.165, 1.54) is 11.1 Å². The standard InChI is InChI=1S/C21H33N5O2/c1-22-21(24-10-12-25-13-15-28-16-14-25)23-9-4-7-20(27)26-11-8-18-5-2-3-6-19(18)17-26/h2-3,5-6H,4,7-17H2,1H3,(H2,22,23,24). The fraction of sp³-hybridized carbons (Fsp3) is 0.619. The number of carbonyl (C=O) groups is 1. The Kier molecular flexibility index (Phi) is 8.11. The maximum Gasteiger partial charge on any atom is 0.222 e. The van der Waals surface area contributed by atoms with Gasteiger partial charge >= 0.3 is 0 Å². The van der Waals surface area contributed by atoms with E-state index in [0.717, 1.165) is 77.8 Å². The number of carbonyl (C=O) groups excluding carboxylic acids is 1. The van der Waals surface area contributed by atoms with Crippen molar-refractivity contribution in [3.05, 3.63) is 35.4 Å². The number of fused-ring (bicyclic) bond motifs is 1. The van der Waals surface area contributed by atoms with Gasteiger partial charge in [0.1, 0.15) is 0 Å². The summed E-state index contributed by atoms with van der Waals surface area (Å²) in [6, 6.07) is 8.42. The Morgan fingerprint density at radius 3 is 2.64 bits per heavy atom. The largest absolute Gasteiger partial charge is 0.379 e. The second-order valence-electron chi connectivity index (χ2n) is 7.32. The average Bonchev–Trinajstić information content (AvgIpc) is 2.75. The topological polar surface area (TPSA) is 69.2 Å². The molecule has 0 saturated carbocycles. The van der Waals surface area contributed by atoms with Crippen LogP contribution in [0.25, 0.3) is 0 Å². The SMILES string of the molecule is CN=C(NCCCC(=O)N1CCc2ccccc2C1)NCCN1CCOCC1. The molecule has 0 aromatic heterocycles. The second-order valence-corrected chi connectivity index (χ2v) is 7.32. The van der Waals surface area contributed by atoms with E-state index in [-0.39, 0.29) is 5.91 Å². The molecular formula is C21H33N5O2. The van der Waals surface area contributed by atoms with E-state index in [0.29, 0.717) is 6.42 Å². The lowest BCUT2D eigenvalue weighted by molar-refractivity contribution is -0.132. The molecule has 2 N–H and O–H groups in total. The monoisotopic (exact) mass is 387 g/mol. The summed E-state index contributed by atoms with van der Waals surface area (Å²) in [7, 11) is 1.78. The van der Waals surface area contributed by atoms with Crippen LogP contribution in [0.3, 0.4) is 0 Å². The van der Waals surface area contributed by atoms with E-state index in [4.69, 9.17) is 4.74 Å². The van der Waals surface area contributed by atoms with E-state index < -0.39 is 0 Å². The lowest BCUT2D eigenvalue weighted by Gasteiger charge is -2.29. The molecule has 2 aliphatic heterocycles. The van der Waals surface area contributed by atoms with Gasteiger partial charge in [-0.25, -0.2) is 0 Å². The van der Waals surface area contributed by atoms with Crippen LogP contribution in [-0.4, -0.2) is 81.2 Å². The molecule has 1 fully saturated rings. The van der Waals surface area contributed by atoms with Crippen LogP contribution in [0.5, 0.6) is 0 Å². The summed E-state index contributed by atoms with van der Waals surface area (Å²) in [5.74, 6) is 1.04. The van der Waals surface area contributed by atoms with E-state index in [1.54, 1.807) is 7.05 Å². The van der Waals surface area contributed by atoms with Crippen LogP contribution in [0.15, 0.2) is 29.3 Å². The molecule has 7 nitrogen and oxygen atoms in total. The molecule has 1 aromatic rings. The van der Waals surface area contributed by atoms with Gasteiger partial charge in [0.05, 0.1) is 13.2 Å². The number of hydrogen-bond acceptors (Lipinski definition) is 4. The van der Waals surface area contributed by atoms with Gasteiger partial charge in [0.15, 0.2) is 5.96 Å². The fourth-order valence-electron chi connectivity index (χ4n) is 3.69. The van der Waals surface area contributed by atoms with Gasteiger partial charge in [0.25, 0.3) is 0 Å². The van der Waals surface area contributed by atoms with Crippen LogP contribution in [0.2, 0.25) is 0 Å². The van der Waals surface area contributed by atoms with Crippen LogP contribution in [0.4, 0.5) is 0 Å². The predicted molar refractivity (Wildman–Crippen MR) is 111 cm³/mol. The van der Waals surface area contributed by atoms with Crippen molar-refractivity contribution in [2.24, 2.45) is 4.99 Å². The molecule has 0 bridgehead atoms. The van der Waals surface area contributed by atoms with Crippen molar-refractivity contribution in [2.75, 3.05) is 59.5 Å². The Labute approximate surface area is 168 Å². The third kappa shape index (κ3) is 6.21. The van der Waals surface area contributed by atoms with E-state index in [1.807, 2.05) is 4.90 Å². The number of ether oxygens (including phenoxy) is 1. The van der Waals surface area contributed by atoms with Crippen molar-refractivity contribution in [3.8, 4) is 0 Å². The highest BCUT2D eigenvalue weighted by Gasteiger charge is 2.19. The highest BCUT2D eigenvalue weighted by Crippen LogP contribution is 2.19. The van der Waals surface area contributed by atoms with Gasteiger partial charge in [-0.2, -0.15) is 0 Å². The summed E-state index contributed by atoms with van der Waals surface area (Å²) in [5, 5.41) is 6.65. The second kappa shape index (κ2) is 11.0. The Morgan fingerprint density at radius 1 is 1.11 bits per heavy atom. The smallest absolute Gasteiger partial charge is 0.222 e. The number of nitrogens with zero attached hydrogens (tertiary/aromatic N) is 3. The van der Waals surface area contributed by atoms with Gasteiger partial charge < -0.3 is 20.3 Å². The number of morpholine rings is 1. The molecule has 2 heterocycles. The zero-order valence-electron chi connectivity index (χ0n) is 17.0. The molecule has 28 heavy (non-hydrogen) atoms. The molecule has 3 rings (SSSR count). The van der Waals surface area contributed by atoms with Gasteiger partial charge in [-0.3, -0.25) is 14.7 Å². The number of guanidine groups is 1. The van der Waals surface area contributed by atoms with Crippen LogP contribution in [0, 0.1) is 0 Å². The fourth-order valence-corrected chi connectivity index (χ4v) is 3.69. The third-order valence-electron chi connectivity index (χ3n) is 5.39. The Balaban J connectivity index is 1.29. The molecule has 0 aliphatic carbocycles. The van der Waals surface area contributed by atoms with Gasteiger partial charge in [0, 0.05) is 59.3 Å². The van der Waals surface area contributed by atoms with Gasteiger partial charge in [-0.15, -0.1) is 0 Å². The minimum absolute atomic E-state index is 0.242. The molecule has 7 heteroatoms. The summed E-state index contributed by atoms with van der Waals surface area (Å²) in [6.07, 6.45) is 2.33. The number of aliphatic imine (C=N–C) groups is 1. The van der Waals surface area contributed by atoms with E-state index in [9.17, 15) is 4.79 Å². The third-order valence-corrected chi connectivity index (χ3v) is 5.39. The highest BCUT2D eigenvalue weighted by molar-refractivity contribution is 5.80. The molecule has 2 aliphatic rings. The number of hydrogen-bond donors (Lipinski definition) is 2. The molecule has 0 radical (unpaired) electrons. The minimum Gasteiger partial charge on any atom is -0.379 e. The first-order valence-corrected chi connectivity index (χ1v) is 10.4. The Hall–Kier alpha value is -2.12. The number of rotatable bonds is 7. The number of nitrogens with one attached hydrogen (secondary N) is 2. The molecule has 0 unspecified atom stereocenters. The van der Waals surface area contributed by atoms with Crippen molar-refractivity contribution in [3.63, 3.8) is 0 Å². The van der Waals surface area contributed by atoms with Crippen LogP contribution in [-0.2, 0) is 22.5 Å². The molecule has 1 amide bonds. The molecule has 0 spiro atoms. The van der Waals surface area contributed by atoms with Crippen LogP contribution in [0.1, 0.15) is 24.0 Å². The van der Waals surface area contributed by atoms with Crippen molar-refractivity contribution >= 4 is 11.9 Å². The lowest BCUT2D eigenvalue weighted by atomic mass is 9.99. The van der Waals surface area contributed by atoms with Crippen LogP contribution >= 0.6 is 0 Å². The highest BCUT2D eigenvalue weighted by atomic mass is 16.5. The zero-order chi connectivity index (χ0) is 19.6. The van der Waals surface area contributed by atoms with E-state index >= 15 is 0 Å². The van der Waals surface area contributed by atoms with Gasteiger partial charge in [-0.1, -0.05) is 24.3 Å². The van der Waals surface area contributed by atoms with Crippen molar-refractivity contribution in [2.45, 2.75) is 25.8 Å². The van der Waals surface area contributed by atoms with Gasteiger partial charge in [-0.05, 0) is 24.0 Å². The summed E-state index contributed by atoms with van der Waals surface area (Å²) < 4.78 is 5.37. The number of amides is 1. The van der Waals surface area contributed by atoms with Crippen LogP contribution < -0.4 is 10.6 Å². The van der Waals surface area contributed by atoms with Crippen molar-refractivity contribution in [1.82, 2.24) is 20.4 Å². The quantitative estimate of drug-likeness (QED) is 0.412. The van der Waals surface area contributed by atoms with Gasteiger partial charge in [0.2, 0.25) is 5.91 Å². The zero-order valence-corrected chi connectivity index (χ0v) is 17.0. The Bertz CT molecular complexity index is 658. The summed E-state index contributed by atoms with van der Waals surface area (Å²) in [6.45, 7) is 7.79. The molecule has 154 valence electrons. The first kappa shape index (κ1) is 20.6. The first-order chi connectivity index (χ1) is 13.8. The minimum atomic E-state index is 0.242. The normalized spacial score (nSPS) is 17.9. The average molecular weight is 388 g/mol. The van der Waals surface area contributed by atoms with Crippen molar-refractivity contribution < 1.29 is 9.53 Å². The summed E-state index contributed by atoms with van der Waals surface area (Å²) in [5.41, 5.74) is 2.66. The maximum atomic E-state index is 12.5. The summed E-state index contributed by atoms with van der Waals surface area (Å²) in [4.78, 5) is 21.1. The number of benzene rings is 1. The van der Waals surface area contributed by atoms with E-state index in [2.05, 4.69) is 44.8 Å². The molecule has 1 saturated heterocycles. The first-order valence-electron chi connectivity index (χ1n) is 10.4. The molecule has 1 aromatic carbocycles. The predicted octanol–water partition coefficient (Wildman–Crippen LogP) is 0.849. The van der Waals surface area contributed by atoms with Crippen molar-refractivity contribution in [1.29, 1.82) is 0 Å². The Morgan fingerprint density at radius 2 is 1.86 bits per heavy atom. The lowest BCUT2D eigenvalue weighted by Crippen LogP contribution is -2.44. The molecular weight excluding hydrogens is 354 g/mol. The maximum absolute atomic E-state index is 12.5. The summed E-state index contributed by atoms with van der Waals surface area (Å²) >= 11 is 0. The molecule has 0 atom stereocenters.